The van der Waals surface area contributed by atoms with Crippen molar-refractivity contribution >= 4 is 0 Å². The van der Waals surface area contributed by atoms with Gasteiger partial charge in [0, 0.05) is 37.6 Å². The van der Waals surface area contributed by atoms with Crippen LogP contribution in [0, 0.1) is 0 Å². The van der Waals surface area contributed by atoms with Crippen molar-refractivity contribution in [2.24, 2.45) is 5.73 Å². The molecule has 25 heavy (non-hydrogen) atoms. The van der Waals surface area contributed by atoms with Crippen LogP contribution in [0.15, 0.2) is 73.1 Å². The van der Waals surface area contributed by atoms with Gasteiger partial charge in [-0.1, -0.05) is 42.5 Å². The molecule has 0 radical (unpaired) electrons. The third-order valence-corrected chi connectivity index (χ3v) is 3.94. The smallest absolute Gasteiger partial charge is 0.119 e. The largest absolute Gasteiger partial charge is 0.492 e. The molecule has 128 valence electrons. The third-order valence-electron chi connectivity index (χ3n) is 3.94. The van der Waals surface area contributed by atoms with E-state index in [1.165, 1.54) is 5.56 Å². The average Bonchev–Trinajstić information content (AvgIpc) is 2.69. The van der Waals surface area contributed by atoms with Gasteiger partial charge in [0.25, 0.3) is 0 Å². The molecule has 3 N–H and O–H groups in total. The molecule has 3 aromatic rings. The van der Waals surface area contributed by atoms with Crippen LogP contribution >= 0.6 is 0 Å². The molecule has 0 aliphatic rings. The van der Waals surface area contributed by atoms with Gasteiger partial charge in [-0.3, -0.25) is 4.98 Å². The van der Waals surface area contributed by atoms with Gasteiger partial charge in [0.1, 0.15) is 12.4 Å². The molecular formula is C21H23N3O. The highest BCUT2D eigenvalue weighted by atomic mass is 16.5. The van der Waals surface area contributed by atoms with Crippen molar-refractivity contribution in [3.05, 3.63) is 84.2 Å². The Kier molecular flexibility index (Phi) is 6.15. The number of aromatic nitrogens is 1. The van der Waals surface area contributed by atoms with Crippen LogP contribution in [-0.4, -0.2) is 18.1 Å². The first-order valence-electron chi connectivity index (χ1n) is 8.47. The molecule has 4 nitrogen and oxygen atoms in total. The number of hydrogen-bond acceptors (Lipinski definition) is 4. The molecule has 0 aliphatic heterocycles. The first-order chi connectivity index (χ1) is 12.3. The molecule has 0 atom stereocenters. The molecule has 0 unspecified atom stereocenters. The molecule has 0 saturated heterocycles. The lowest BCUT2D eigenvalue weighted by molar-refractivity contribution is 0.313. The summed E-state index contributed by atoms with van der Waals surface area (Å²) in [5.41, 5.74) is 10.2. The molecule has 0 aliphatic carbocycles. The lowest BCUT2D eigenvalue weighted by atomic mass is 10.1. The normalized spacial score (nSPS) is 10.6. The molecule has 0 spiro atoms. The van der Waals surface area contributed by atoms with Crippen molar-refractivity contribution in [1.29, 1.82) is 0 Å². The van der Waals surface area contributed by atoms with Crippen LogP contribution in [0.3, 0.4) is 0 Å². The summed E-state index contributed by atoms with van der Waals surface area (Å²) in [6.07, 6.45) is 3.79. The summed E-state index contributed by atoms with van der Waals surface area (Å²) in [5, 5.41) is 3.39. The Labute approximate surface area is 148 Å². The first-order valence-corrected chi connectivity index (χ1v) is 8.47. The SMILES string of the molecule is NCc1ccc(OCCNCc2cncc(-c3ccccc3)c2)cc1. The van der Waals surface area contributed by atoms with Gasteiger partial charge in [-0.15, -0.1) is 0 Å². The zero-order chi connectivity index (χ0) is 17.3. The van der Waals surface area contributed by atoms with Crippen molar-refractivity contribution in [3.8, 4) is 16.9 Å². The van der Waals surface area contributed by atoms with Crippen LogP contribution in [0.2, 0.25) is 0 Å². The fraction of sp³-hybridized carbons (Fsp3) is 0.190. The van der Waals surface area contributed by atoms with Crippen molar-refractivity contribution < 1.29 is 4.74 Å². The van der Waals surface area contributed by atoms with Gasteiger partial charge in [0.2, 0.25) is 0 Å². The maximum absolute atomic E-state index is 5.72. The maximum Gasteiger partial charge on any atom is 0.119 e. The van der Waals surface area contributed by atoms with Gasteiger partial charge in [-0.25, -0.2) is 0 Å². The quantitative estimate of drug-likeness (QED) is 0.621. The number of hydrogen-bond donors (Lipinski definition) is 2. The fourth-order valence-electron chi connectivity index (χ4n) is 2.57. The minimum atomic E-state index is 0.553. The lowest BCUT2D eigenvalue weighted by Gasteiger charge is -2.09. The Bertz CT molecular complexity index is 773. The standard InChI is InChI=1S/C21H23N3O/c22-13-17-6-8-21(9-7-17)25-11-10-23-14-18-12-20(16-24-15-18)19-4-2-1-3-5-19/h1-9,12,15-16,23H,10-11,13-14,22H2. The van der Waals surface area contributed by atoms with E-state index in [1.54, 1.807) is 0 Å². The Morgan fingerprint density at radius 3 is 2.44 bits per heavy atom. The van der Waals surface area contributed by atoms with Gasteiger partial charge >= 0.3 is 0 Å². The minimum absolute atomic E-state index is 0.553. The second-order valence-electron chi connectivity index (χ2n) is 5.82. The Morgan fingerprint density at radius 2 is 1.68 bits per heavy atom. The number of ether oxygens (including phenoxy) is 1. The zero-order valence-electron chi connectivity index (χ0n) is 14.2. The topological polar surface area (TPSA) is 60.2 Å². The molecule has 1 aromatic heterocycles. The summed E-state index contributed by atoms with van der Waals surface area (Å²) in [4.78, 5) is 4.34. The van der Waals surface area contributed by atoms with Gasteiger partial charge < -0.3 is 15.8 Å². The zero-order valence-corrected chi connectivity index (χ0v) is 14.2. The van der Waals surface area contributed by atoms with Crippen molar-refractivity contribution in [1.82, 2.24) is 10.3 Å². The van der Waals surface area contributed by atoms with E-state index in [0.29, 0.717) is 13.2 Å². The number of nitrogens with one attached hydrogen (secondary N) is 1. The number of pyridine rings is 1. The molecular weight excluding hydrogens is 310 g/mol. The highest BCUT2D eigenvalue weighted by Crippen LogP contribution is 2.18. The van der Waals surface area contributed by atoms with E-state index in [0.717, 1.165) is 35.5 Å². The Balaban J connectivity index is 1.44. The van der Waals surface area contributed by atoms with E-state index in [-0.39, 0.29) is 0 Å². The molecule has 0 saturated carbocycles. The number of benzene rings is 2. The first kappa shape index (κ1) is 17.1. The molecule has 1 heterocycles. The van der Waals surface area contributed by atoms with Crippen LogP contribution in [0.4, 0.5) is 0 Å². The summed E-state index contributed by atoms with van der Waals surface area (Å²) in [5.74, 6) is 0.867. The van der Waals surface area contributed by atoms with Gasteiger partial charge in [0.05, 0.1) is 0 Å². The van der Waals surface area contributed by atoms with Gasteiger partial charge in [0.15, 0.2) is 0 Å². The van der Waals surface area contributed by atoms with Crippen LogP contribution in [0.1, 0.15) is 11.1 Å². The Hall–Kier alpha value is -2.69. The van der Waals surface area contributed by atoms with Crippen LogP contribution < -0.4 is 15.8 Å². The van der Waals surface area contributed by atoms with Crippen molar-refractivity contribution in [2.45, 2.75) is 13.1 Å². The average molecular weight is 333 g/mol. The summed E-state index contributed by atoms with van der Waals surface area (Å²) < 4.78 is 5.72. The van der Waals surface area contributed by atoms with Gasteiger partial charge in [-0.05, 0) is 34.9 Å². The monoisotopic (exact) mass is 333 g/mol. The maximum atomic E-state index is 5.72. The second-order valence-corrected chi connectivity index (χ2v) is 5.82. The molecule has 0 fully saturated rings. The Morgan fingerprint density at radius 1 is 0.880 bits per heavy atom. The minimum Gasteiger partial charge on any atom is -0.492 e. The summed E-state index contributed by atoms with van der Waals surface area (Å²) >= 11 is 0. The summed E-state index contributed by atoms with van der Waals surface area (Å²) in [7, 11) is 0. The predicted octanol–water partition coefficient (Wildman–Crippen LogP) is 3.38. The number of nitrogens with two attached hydrogens (primary N) is 1. The second kappa shape index (κ2) is 8.97. The number of nitrogens with zero attached hydrogens (tertiary/aromatic N) is 1. The third kappa shape index (κ3) is 5.14. The van der Waals surface area contributed by atoms with Crippen molar-refractivity contribution in [2.75, 3.05) is 13.2 Å². The molecule has 0 bridgehead atoms. The summed E-state index contributed by atoms with van der Waals surface area (Å²) in [6.45, 7) is 2.71. The van der Waals surface area contributed by atoms with Crippen LogP contribution in [-0.2, 0) is 13.1 Å². The van der Waals surface area contributed by atoms with E-state index in [4.69, 9.17) is 10.5 Å². The summed E-state index contributed by atoms with van der Waals surface area (Å²) in [6, 6.07) is 20.3. The van der Waals surface area contributed by atoms with E-state index in [9.17, 15) is 0 Å². The molecule has 4 heteroatoms. The van der Waals surface area contributed by atoms with Gasteiger partial charge in [-0.2, -0.15) is 0 Å². The van der Waals surface area contributed by atoms with Crippen LogP contribution in [0.25, 0.3) is 11.1 Å². The van der Waals surface area contributed by atoms with Crippen molar-refractivity contribution in [3.63, 3.8) is 0 Å². The molecule has 3 rings (SSSR count). The molecule has 0 amide bonds. The fourth-order valence-corrected chi connectivity index (χ4v) is 2.57. The lowest BCUT2D eigenvalue weighted by Crippen LogP contribution is -2.20. The van der Waals surface area contributed by atoms with Crippen LogP contribution in [0.5, 0.6) is 5.75 Å². The van der Waals surface area contributed by atoms with E-state index < -0.39 is 0 Å². The van der Waals surface area contributed by atoms with E-state index in [1.807, 2.05) is 54.9 Å². The number of rotatable bonds is 8. The van der Waals surface area contributed by atoms with E-state index in [2.05, 4.69) is 28.5 Å². The molecule has 2 aromatic carbocycles. The van der Waals surface area contributed by atoms with E-state index >= 15 is 0 Å². The predicted molar refractivity (Wildman–Crippen MR) is 101 cm³/mol. The highest BCUT2D eigenvalue weighted by molar-refractivity contribution is 5.62. The highest BCUT2D eigenvalue weighted by Gasteiger charge is 2.00.